The van der Waals surface area contributed by atoms with Crippen molar-refractivity contribution in [3.8, 4) is 0 Å². The van der Waals surface area contributed by atoms with Gasteiger partial charge < -0.3 is 10.2 Å². The summed E-state index contributed by atoms with van der Waals surface area (Å²) in [5.74, 6) is 0.819. The zero-order chi connectivity index (χ0) is 31.7. The highest BCUT2D eigenvalue weighted by atomic mass is 16.2. The van der Waals surface area contributed by atoms with Crippen molar-refractivity contribution >= 4 is 17.3 Å². The summed E-state index contributed by atoms with van der Waals surface area (Å²) in [6.07, 6.45) is 20.7. The van der Waals surface area contributed by atoms with Crippen LogP contribution >= 0.6 is 0 Å². The zero-order valence-electron chi connectivity index (χ0n) is 29.2. The van der Waals surface area contributed by atoms with Crippen LogP contribution in [0.4, 0.5) is 5.69 Å². The first-order valence-electron chi connectivity index (χ1n) is 18.1. The molecule has 2 unspecified atom stereocenters. The molecule has 0 spiro atoms. The smallest absolute Gasteiger partial charge is 0.236 e. The van der Waals surface area contributed by atoms with Gasteiger partial charge >= 0.3 is 0 Å². The van der Waals surface area contributed by atoms with Gasteiger partial charge in [-0.15, -0.1) is 0 Å². The van der Waals surface area contributed by atoms with Gasteiger partial charge in [-0.05, 0) is 101 Å². The maximum Gasteiger partial charge on any atom is 0.236 e. The fourth-order valence-electron chi connectivity index (χ4n) is 6.46. The molecule has 3 aliphatic rings. The van der Waals surface area contributed by atoms with E-state index in [0.717, 1.165) is 77.5 Å². The number of nitrogens with one attached hydrogen (secondary N) is 1. The molecule has 1 aromatic carbocycles. The number of fused-ring (bicyclic) bond motifs is 1. The molecule has 5 heteroatoms. The first kappa shape index (κ1) is 36.1. The Morgan fingerprint density at radius 2 is 1.80 bits per heavy atom. The van der Waals surface area contributed by atoms with Gasteiger partial charge in [0.05, 0.1) is 6.54 Å². The molecule has 0 aromatic heterocycles. The molecule has 1 aromatic rings. The van der Waals surface area contributed by atoms with Gasteiger partial charge in [-0.3, -0.25) is 14.7 Å². The second kappa shape index (κ2) is 19.9. The number of likely N-dealkylation sites (tertiary alicyclic amines) is 1. The van der Waals surface area contributed by atoms with Crippen molar-refractivity contribution in [3.05, 3.63) is 52.7 Å². The van der Waals surface area contributed by atoms with Crippen molar-refractivity contribution in [1.29, 1.82) is 0 Å². The van der Waals surface area contributed by atoms with Crippen molar-refractivity contribution in [2.45, 2.75) is 143 Å². The molecule has 1 saturated carbocycles. The van der Waals surface area contributed by atoms with Gasteiger partial charge in [0, 0.05) is 49.8 Å². The van der Waals surface area contributed by atoms with Crippen molar-refractivity contribution < 1.29 is 4.79 Å². The predicted octanol–water partition coefficient (Wildman–Crippen LogP) is 9.69. The van der Waals surface area contributed by atoms with E-state index in [1.807, 2.05) is 6.20 Å². The summed E-state index contributed by atoms with van der Waals surface area (Å²) in [5, 5.41) is 3.50. The lowest BCUT2D eigenvalue weighted by atomic mass is 9.93. The van der Waals surface area contributed by atoms with Crippen LogP contribution in [-0.4, -0.2) is 60.2 Å². The fourth-order valence-corrected chi connectivity index (χ4v) is 6.46. The molecule has 2 atom stereocenters. The van der Waals surface area contributed by atoms with Crippen LogP contribution in [0.3, 0.4) is 0 Å². The van der Waals surface area contributed by atoms with Gasteiger partial charge in [0.15, 0.2) is 0 Å². The number of aliphatic imine (C=N–C) groups is 1. The Balaban J connectivity index is 0.000000785. The van der Waals surface area contributed by atoms with Crippen molar-refractivity contribution in [2.75, 3.05) is 38.0 Å². The highest BCUT2D eigenvalue weighted by Crippen LogP contribution is 2.36. The lowest BCUT2D eigenvalue weighted by Crippen LogP contribution is -2.43. The second-order valence-corrected chi connectivity index (χ2v) is 13.5. The largest absolute Gasteiger partial charge is 0.384 e. The average Bonchev–Trinajstić information content (AvgIpc) is 3.56. The molecular weight excluding hydrogens is 540 g/mol. The van der Waals surface area contributed by atoms with Crippen LogP contribution in [0.25, 0.3) is 0 Å². The number of unbranched alkanes of at least 4 members (excludes halogenated alkanes) is 4. The summed E-state index contributed by atoms with van der Waals surface area (Å²) in [4.78, 5) is 23.1. The summed E-state index contributed by atoms with van der Waals surface area (Å²) >= 11 is 0. The molecule has 5 nitrogen and oxygen atoms in total. The fraction of sp³-hybridized carbons (Fsp3) is 0.692. The summed E-state index contributed by atoms with van der Waals surface area (Å²) in [6.45, 7) is 17.4. The van der Waals surface area contributed by atoms with Gasteiger partial charge in [0.25, 0.3) is 0 Å². The molecular formula is C39H64N4O. The van der Waals surface area contributed by atoms with E-state index in [-0.39, 0.29) is 0 Å². The summed E-state index contributed by atoms with van der Waals surface area (Å²) in [5.41, 5.74) is 8.37. The van der Waals surface area contributed by atoms with Gasteiger partial charge in [-0.25, -0.2) is 0 Å². The molecule has 246 valence electrons. The van der Waals surface area contributed by atoms with E-state index in [4.69, 9.17) is 4.99 Å². The maximum atomic E-state index is 13.6. The zero-order valence-corrected chi connectivity index (χ0v) is 29.2. The number of hydrogen-bond acceptors (Lipinski definition) is 4. The number of carbonyl (C=O) groups excluding carboxylic acids is 1. The second-order valence-electron chi connectivity index (χ2n) is 13.5. The van der Waals surface area contributed by atoms with Gasteiger partial charge in [0.2, 0.25) is 5.91 Å². The van der Waals surface area contributed by atoms with Crippen LogP contribution in [0.1, 0.15) is 142 Å². The van der Waals surface area contributed by atoms with Crippen LogP contribution in [-0.2, 0) is 11.2 Å². The number of allylic oxidation sites excluding steroid dienone is 3. The standard InChI is InChI=1S/C33H54N4O.C6H10/c1-6-9-11-12-20-36(19-10-7-2)33(38)25-37-24-29(27-13-16-32-28(21-27)17-18-34-32)22-31(37)15-14-30(8-3)35-23-26(4)5;1-2-3-6-4-5-6/h13,16,21,23,29,31,34H,6-12,14-15,17-20,22,24-25H2,1-5H3;3H,2,4-5H2,1H3. The van der Waals surface area contributed by atoms with Crippen molar-refractivity contribution in [1.82, 2.24) is 9.80 Å². The Morgan fingerprint density at radius 3 is 2.45 bits per heavy atom. The van der Waals surface area contributed by atoms with E-state index in [9.17, 15) is 4.79 Å². The molecule has 4 rings (SSSR count). The van der Waals surface area contributed by atoms with E-state index in [0.29, 0.717) is 24.4 Å². The van der Waals surface area contributed by atoms with Crippen LogP contribution in [0.15, 0.2) is 46.6 Å². The number of nitrogens with zero attached hydrogens (tertiary/aromatic N) is 3. The number of amides is 1. The van der Waals surface area contributed by atoms with Crippen molar-refractivity contribution in [3.63, 3.8) is 0 Å². The topological polar surface area (TPSA) is 47.9 Å². The molecule has 0 bridgehead atoms. The van der Waals surface area contributed by atoms with Crippen LogP contribution in [0, 0.1) is 0 Å². The Bertz CT molecular complexity index is 1090. The van der Waals surface area contributed by atoms with E-state index in [1.165, 1.54) is 66.6 Å². The van der Waals surface area contributed by atoms with Crippen LogP contribution < -0.4 is 5.32 Å². The summed E-state index contributed by atoms with van der Waals surface area (Å²) in [6, 6.07) is 7.44. The summed E-state index contributed by atoms with van der Waals surface area (Å²) in [7, 11) is 0. The molecule has 2 fully saturated rings. The minimum Gasteiger partial charge on any atom is -0.384 e. The molecule has 2 heterocycles. The number of benzene rings is 1. The van der Waals surface area contributed by atoms with E-state index in [1.54, 1.807) is 5.57 Å². The third kappa shape index (κ3) is 12.5. The molecule has 0 radical (unpaired) electrons. The minimum absolute atomic E-state index is 0.327. The van der Waals surface area contributed by atoms with Gasteiger partial charge in [-0.2, -0.15) is 0 Å². The lowest BCUT2D eigenvalue weighted by molar-refractivity contribution is -0.132. The SMILES string of the molecule is CCC=C1CC1.CCCCCCN(CCCC)C(=O)CN1CC(c2ccc3c(c2)CCN3)CC1CCC(CC)=NC=C(C)C. The molecule has 2 aliphatic heterocycles. The Kier molecular flexibility index (Phi) is 16.3. The Labute approximate surface area is 270 Å². The number of rotatable bonds is 17. The third-order valence-electron chi connectivity index (χ3n) is 9.30. The van der Waals surface area contributed by atoms with Crippen LogP contribution in [0.2, 0.25) is 0 Å². The van der Waals surface area contributed by atoms with Crippen molar-refractivity contribution in [2.24, 2.45) is 4.99 Å². The predicted molar refractivity (Wildman–Crippen MR) is 191 cm³/mol. The number of anilines is 1. The minimum atomic E-state index is 0.327. The molecule has 1 aliphatic carbocycles. The van der Waals surface area contributed by atoms with E-state index < -0.39 is 0 Å². The van der Waals surface area contributed by atoms with Gasteiger partial charge in [-0.1, -0.05) is 82.7 Å². The molecule has 44 heavy (non-hydrogen) atoms. The average molecular weight is 605 g/mol. The Morgan fingerprint density at radius 1 is 1.02 bits per heavy atom. The monoisotopic (exact) mass is 605 g/mol. The van der Waals surface area contributed by atoms with E-state index in [2.05, 4.69) is 80.9 Å². The highest BCUT2D eigenvalue weighted by molar-refractivity contribution is 5.84. The maximum absolute atomic E-state index is 13.6. The number of hydrogen-bond donors (Lipinski definition) is 1. The van der Waals surface area contributed by atoms with Gasteiger partial charge in [0.1, 0.15) is 0 Å². The quantitative estimate of drug-likeness (QED) is 0.109. The Hall–Kier alpha value is -2.40. The van der Waals surface area contributed by atoms with Crippen LogP contribution in [0.5, 0.6) is 0 Å². The first-order valence-corrected chi connectivity index (χ1v) is 18.1. The third-order valence-corrected chi connectivity index (χ3v) is 9.30. The summed E-state index contributed by atoms with van der Waals surface area (Å²) < 4.78 is 0. The molecule has 1 saturated heterocycles. The molecule has 1 N–H and O–H groups in total. The first-order chi connectivity index (χ1) is 21.4. The number of carbonyl (C=O) groups is 1. The lowest BCUT2D eigenvalue weighted by Gasteiger charge is -2.29. The molecule has 1 amide bonds. The van der Waals surface area contributed by atoms with E-state index >= 15 is 0 Å². The highest BCUT2D eigenvalue weighted by Gasteiger charge is 2.35. The normalized spacial score (nSPS) is 19.1.